The molecular weight excluding hydrogens is 329 g/mol. The second kappa shape index (κ2) is 5.65. The predicted octanol–water partition coefficient (Wildman–Crippen LogP) is 0.922. The Bertz CT molecular complexity index is 816. The highest BCUT2D eigenvalue weighted by molar-refractivity contribution is 7.88. The van der Waals surface area contributed by atoms with Crippen LogP contribution >= 0.6 is 0 Å². The fraction of sp³-hybridized carbons (Fsp3) is 0.286. The molecular formula is C14H14FNO6S. The quantitative estimate of drug-likeness (QED) is 0.816. The van der Waals surface area contributed by atoms with Crippen LogP contribution in [0.4, 0.5) is 4.39 Å². The number of sulfonamides is 1. The van der Waals surface area contributed by atoms with E-state index in [0.717, 1.165) is 19.2 Å². The Morgan fingerprint density at radius 3 is 2.57 bits per heavy atom. The first kappa shape index (κ1) is 16.9. The fourth-order valence-electron chi connectivity index (χ4n) is 2.06. The molecule has 1 aromatic carbocycles. The Balaban J connectivity index is 2.49. The van der Waals surface area contributed by atoms with Crippen LogP contribution in [0.1, 0.15) is 19.4 Å². The van der Waals surface area contributed by atoms with Crippen molar-refractivity contribution in [2.45, 2.75) is 19.4 Å². The number of halogens is 1. The van der Waals surface area contributed by atoms with E-state index in [1.165, 1.54) is 25.1 Å². The number of Topliss-reactive ketones (excluding diaryl/α,β-unsaturated/α-hetero) is 1. The zero-order chi connectivity index (χ0) is 17.4. The number of nitrogens with one attached hydrogen (secondary N) is 1. The van der Waals surface area contributed by atoms with Gasteiger partial charge in [0.15, 0.2) is 5.60 Å². The maximum Gasteiger partial charge on any atom is 0.308 e. The second-order valence-electron chi connectivity index (χ2n) is 5.10. The van der Waals surface area contributed by atoms with Gasteiger partial charge in [-0.15, -0.1) is 0 Å². The molecule has 1 atom stereocenters. The third-order valence-corrected chi connectivity index (χ3v) is 3.61. The molecule has 0 radical (unpaired) electrons. The van der Waals surface area contributed by atoms with Crippen LogP contribution in [-0.2, 0) is 34.7 Å². The lowest BCUT2D eigenvalue weighted by Gasteiger charge is -2.23. The van der Waals surface area contributed by atoms with Crippen LogP contribution in [0.3, 0.4) is 0 Å². The SMILES string of the molecule is CC(=O)OC1=C(NS(C)(=O)=O)OC(C)(c2cccc(F)c2)C1=O. The number of carbonyl (C=O) groups is 2. The van der Waals surface area contributed by atoms with Crippen molar-refractivity contribution in [1.29, 1.82) is 0 Å². The number of rotatable bonds is 4. The summed E-state index contributed by atoms with van der Waals surface area (Å²) in [7, 11) is -3.79. The highest BCUT2D eigenvalue weighted by Gasteiger charge is 2.50. The molecule has 1 unspecified atom stereocenters. The standard InChI is InChI=1S/C14H14FNO6S/c1-8(17)21-11-12(18)14(2,9-5-4-6-10(15)7-9)22-13(11)16-23(3,19)20/h4-7,16H,1-3H3. The Hall–Kier alpha value is -2.42. The molecule has 0 fully saturated rings. The Morgan fingerprint density at radius 2 is 2.04 bits per heavy atom. The van der Waals surface area contributed by atoms with Gasteiger partial charge in [-0.05, 0) is 19.1 Å². The number of hydrogen-bond donors (Lipinski definition) is 1. The minimum atomic E-state index is -3.79. The van der Waals surface area contributed by atoms with Crippen molar-refractivity contribution in [2.24, 2.45) is 0 Å². The smallest absolute Gasteiger partial charge is 0.308 e. The molecule has 0 saturated heterocycles. The summed E-state index contributed by atoms with van der Waals surface area (Å²) in [4.78, 5) is 23.7. The number of ether oxygens (including phenoxy) is 2. The molecule has 1 aliphatic rings. The average molecular weight is 343 g/mol. The zero-order valence-electron chi connectivity index (χ0n) is 12.5. The topological polar surface area (TPSA) is 98.8 Å². The van der Waals surface area contributed by atoms with Crippen LogP contribution in [0.15, 0.2) is 35.9 Å². The highest BCUT2D eigenvalue weighted by Crippen LogP contribution is 2.38. The van der Waals surface area contributed by atoms with Crippen molar-refractivity contribution < 1.29 is 31.9 Å². The maximum absolute atomic E-state index is 13.4. The molecule has 0 bridgehead atoms. The van der Waals surface area contributed by atoms with Crippen LogP contribution in [0.5, 0.6) is 0 Å². The minimum Gasteiger partial charge on any atom is -0.456 e. The first-order valence-electron chi connectivity index (χ1n) is 6.43. The Labute approximate surface area is 132 Å². The molecule has 2 rings (SSSR count). The summed E-state index contributed by atoms with van der Waals surface area (Å²) in [5, 5.41) is 0. The summed E-state index contributed by atoms with van der Waals surface area (Å²) in [6.45, 7) is 2.38. The number of ketones is 1. The third-order valence-electron chi connectivity index (χ3n) is 3.05. The third kappa shape index (κ3) is 3.50. The Kier molecular flexibility index (Phi) is 4.16. The van der Waals surface area contributed by atoms with E-state index in [1.54, 1.807) is 0 Å². The van der Waals surface area contributed by atoms with E-state index < -0.39 is 44.8 Å². The van der Waals surface area contributed by atoms with Gasteiger partial charge in [-0.25, -0.2) is 12.8 Å². The lowest BCUT2D eigenvalue weighted by atomic mass is 9.91. The lowest BCUT2D eigenvalue weighted by Crippen LogP contribution is -2.32. The molecule has 0 spiro atoms. The van der Waals surface area contributed by atoms with E-state index in [9.17, 15) is 22.4 Å². The fourth-order valence-corrected chi connectivity index (χ4v) is 2.53. The van der Waals surface area contributed by atoms with Crippen LogP contribution in [-0.4, -0.2) is 26.4 Å². The van der Waals surface area contributed by atoms with Crippen molar-refractivity contribution in [3.63, 3.8) is 0 Å². The summed E-state index contributed by atoms with van der Waals surface area (Å²) >= 11 is 0. The predicted molar refractivity (Wildman–Crippen MR) is 76.6 cm³/mol. The first-order chi connectivity index (χ1) is 10.5. The van der Waals surface area contributed by atoms with Gasteiger partial charge >= 0.3 is 5.97 Å². The van der Waals surface area contributed by atoms with Crippen LogP contribution < -0.4 is 4.72 Å². The molecule has 1 aliphatic heterocycles. The normalized spacial score (nSPS) is 21.1. The molecule has 1 heterocycles. The van der Waals surface area contributed by atoms with Crippen molar-refractivity contribution in [1.82, 2.24) is 4.72 Å². The first-order valence-corrected chi connectivity index (χ1v) is 8.32. The summed E-state index contributed by atoms with van der Waals surface area (Å²) < 4.78 is 48.3. The average Bonchev–Trinajstić information content (AvgIpc) is 2.62. The maximum atomic E-state index is 13.4. The van der Waals surface area contributed by atoms with Gasteiger partial charge in [0.25, 0.3) is 5.78 Å². The van der Waals surface area contributed by atoms with E-state index in [-0.39, 0.29) is 5.56 Å². The lowest BCUT2D eigenvalue weighted by molar-refractivity contribution is -0.142. The summed E-state index contributed by atoms with van der Waals surface area (Å²) in [5.41, 5.74) is -1.57. The number of benzene rings is 1. The molecule has 124 valence electrons. The van der Waals surface area contributed by atoms with Gasteiger partial charge in [-0.3, -0.25) is 14.3 Å². The molecule has 0 saturated carbocycles. The van der Waals surface area contributed by atoms with Gasteiger partial charge in [0, 0.05) is 12.5 Å². The molecule has 1 N–H and O–H groups in total. The van der Waals surface area contributed by atoms with Gasteiger partial charge in [0.1, 0.15) is 5.82 Å². The van der Waals surface area contributed by atoms with E-state index in [0.29, 0.717) is 0 Å². The van der Waals surface area contributed by atoms with Gasteiger partial charge in [0.2, 0.25) is 21.7 Å². The summed E-state index contributed by atoms with van der Waals surface area (Å²) in [6.07, 6.45) is 0.844. The molecule has 7 nitrogen and oxygen atoms in total. The van der Waals surface area contributed by atoms with Crippen molar-refractivity contribution in [3.05, 3.63) is 47.3 Å². The van der Waals surface area contributed by atoms with Crippen LogP contribution in [0, 0.1) is 5.82 Å². The van der Waals surface area contributed by atoms with Gasteiger partial charge in [0.05, 0.1) is 6.26 Å². The van der Waals surface area contributed by atoms with Crippen molar-refractivity contribution in [2.75, 3.05) is 6.26 Å². The summed E-state index contributed by atoms with van der Waals surface area (Å²) in [5.74, 6) is -3.31. The Morgan fingerprint density at radius 1 is 1.39 bits per heavy atom. The van der Waals surface area contributed by atoms with Gasteiger partial charge in [-0.1, -0.05) is 12.1 Å². The zero-order valence-corrected chi connectivity index (χ0v) is 13.4. The molecule has 9 heteroatoms. The van der Waals surface area contributed by atoms with Gasteiger partial charge < -0.3 is 9.47 Å². The number of hydrogen-bond acceptors (Lipinski definition) is 6. The highest BCUT2D eigenvalue weighted by atomic mass is 32.2. The van der Waals surface area contributed by atoms with Crippen LogP contribution in [0.25, 0.3) is 0 Å². The van der Waals surface area contributed by atoms with Gasteiger partial charge in [-0.2, -0.15) is 0 Å². The number of esters is 1. The minimum absolute atomic E-state index is 0.150. The molecule has 0 amide bonds. The largest absolute Gasteiger partial charge is 0.456 e. The van der Waals surface area contributed by atoms with E-state index in [1.807, 2.05) is 4.72 Å². The van der Waals surface area contributed by atoms with Crippen molar-refractivity contribution in [3.8, 4) is 0 Å². The number of carbonyl (C=O) groups excluding carboxylic acids is 2. The molecule has 0 aliphatic carbocycles. The van der Waals surface area contributed by atoms with Crippen molar-refractivity contribution >= 4 is 21.8 Å². The van der Waals surface area contributed by atoms with E-state index in [4.69, 9.17) is 9.47 Å². The van der Waals surface area contributed by atoms with E-state index in [2.05, 4.69) is 0 Å². The monoisotopic (exact) mass is 343 g/mol. The second-order valence-corrected chi connectivity index (χ2v) is 6.85. The van der Waals surface area contributed by atoms with Crippen LogP contribution in [0.2, 0.25) is 0 Å². The molecule has 1 aromatic rings. The summed E-state index contributed by atoms with van der Waals surface area (Å²) in [6, 6.07) is 5.07. The molecule has 23 heavy (non-hydrogen) atoms. The van der Waals surface area contributed by atoms with E-state index >= 15 is 0 Å². The molecule has 0 aromatic heterocycles.